The van der Waals surface area contributed by atoms with Crippen LogP contribution in [-0.4, -0.2) is 30.5 Å². The van der Waals surface area contributed by atoms with Gasteiger partial charge in [0.15, 0.2) is 5.65 Å². The minimum atomic E-state index is -0.176. The number of anilines is 1. The van der Waals surface area contributed by atoms with Crippen molar-refractivity contribution in [2.45, 2.75) is 59.5 Å². The fourth-order valence-corrected chi connectivity index (χ4v) is 2.91. The molecule has 0 aliphatic rings. The van der Waals surface area contributed by atoms with Crippen LogP contribution in [-0.2, 0) is 0 Å². The summed E-state index contributed by atoms with van der Waals surface area (Å²) in [6.45, 7) is 12.3. The molecule has 0 bridgehead atoms. The molecule has 138 valence electrons. The van der Waals surface area contributed by atoms with Gasteiger partial charge in [0.05, 0.1) is 23.3 Å². The van der Waals surface area contributed by atoms with Gasteiger partial charge in [-0.25, -0.2) is 14.3 Å². The second kappa shape index (κ2) is 6.90. The van der Waals surface area contributed by atoms with Crippen molar-refractivity contribution in [3.05, 3.63) is 35.8 Å². The fraction of sp³-hybridized carbons (Fsp3) is 0.474. The van der Waals surface area contributed by atoms with E-state index in [-0.39, 0.29) is 23.9 Å². The molecular weight excluding hydrogens is 328 g/mol. The molecule has 26 heavy (non-hydrogen) atoms. The van der Waals surface area contributed by atoms with E-state index in [9.17, 15) is 4.79 Å². The molecule has 3 heterocycles. The number of pyridine rings is 1. The average Bonchev–Trinajstić information content (AvgIpc) is 3.19. The summed E-state index contributed by atoms with van der Waals surface area (Å²) in [4.78, 5) is 17.8. The maximum absolute atomic E-state index is 13.0. The molecule has 1 amide bonds. The van der Waals surface area contributed by atoms with Crippen LogP contribution in [0.25, 0.3) is 11.0 Å². The van der Waals surface area contributed by atoms with Gasteiger partial charge in [-0.1, -0.05) is 13.8 Å². The van der Waals surface area contributed by atoms with Crippen LogP contribution >= 0.6 is 0 Å². The monoisotopic (exact) mass is 354 g/mol. The molecular formula is C19H26N6O. The Kier molecular flexibility index (Phi) is 4.80. The molecule has 3 aromatic rings. The van der Waals surface area contributed by atoms with Gasteiger partial charge in [-0.05, 0) is 39.7 Å². The molecule has 0 aliphatic carbocycles. The highest BCUT2D eigenvalue weighted by atomic mass is 16.1. The molecule has 0 radical (unpaired) electrons. The van der Waals surface area contributed by atoms with Crippen LogP contribution < -0.4 is 5.32 Å². The zero-order chi connectivity index (χ0) is 19.0. The summed E-state index contributed by atoms with van der Waals surface area (Å²) in [6, 6.07) is 4.00. The number of carbonyl (C=O) groups is 1. The highest BCUT2D eigenvalue weighted by molar-refractivity contribution is 6.11. The Balaban J connectivity index is 2.08. The first-order valence-corrected chi connectivity index (χ1v) is 9.02. The largest absolute Gasteiger partial charge is 0.307 e. The SMILES string of the molecule is CC(C)c1cc(C(=O)Nc2ccnn2C(C)C)c2cnn(C(C)C)c2n1. The van der Waals surface area contributed by atoms with Gasteiger partial charge in [-0.15, -0.1) is 0 Å². The third-order valence-corrected chi connectivity index (χ3v) is 4.31. The Morgan fingerprint density at radius 3 is 2.35 bits per heavy atom. The minimum Gasteiger partial charge on any atom is -0.307 e. The Hall–Kier alpha value is -2.70. The molecule has 7 heteroatoms. The molecule has 0 saturated carbocycles. The number of hydrogen-bond acceptors (Lipinski definition) is 4. The first kappa shape index (κ1) is 18.1. The number of fused-ring (bicyclic) bond motifs is 1. The van der Waals surface area contributed by atoms with Crippen LogP contribution in [0.5, 0.6) is 0 Å². The average molecular weight is 354 g/mol. The number of rotatable bonds is 5. The second-order valence-corrected chi connectivity index (χ2v) is 7.38. The topological polar surface area (TPSA) is 77.6 Å². The quantitative estimate of drug-likeness (QED) is 0.746. The molecule has 1 N–H and O–H groups in total. The number of carbonyl (C=O) groups excluding carboxylic acids is 1. The Morgan fingerprint density at radius 2 is 1.73 bits per heavy atom. The number of aromatic nitrogens is 5. The lowest BCUT2D eigenvalue weighted by atomic mass is 10.0. The predicted octanol–water partition coefficient (Wildman–Crippen LogP) is 4.17. The summed E-state index contributed by atoms with van der Waals surface area (Å²) in [7, 11) is 0. The van der Waals surface area contributed by atoms with E-state index < -0.39 is 0 Å². The lowest BCUT2D eigenvalue weighted by molar-refractivity contribution is 0.102. The third-order valence-electron chi connectivity index (χ3n) is 4.31. The lowest BCUT2D eigenvalue weighted by Crippen LogP contribution is -2.18. The van der Waals surface area contributed by atoms with Gasteiger partial charge in [-0.3, -0.25) is 4.79 Å². The van der Waals surface area contributed by atoms with Gasteiger partial charge in [0.25, 0.3) is 5.91 Å². The van der Waals surface area contributed by atoms with Crippen molar-refractivity contribution < 1.29 is 4.79 Å². The highest BCUT2D eigenvalue weighted by Crippen LogP contribution is 2.25. The van der Waals surface area contributed by atoms with Crippen LogP contribution in [0, 0.1) is 0 Å². The van der Waals surface area contributed by atoms with Gasteiger partial charge in [0.2, 0.25) is 0 Å². The second-order valence-electron chi connectivity index (χ2n) is 7.38. The first-order valence-electron chi connectivity index (χ1n) is 9.02. The molecule has 7 nitrogen and oxygen atoms in total. The molecule has 0 atom stereocenters. The van der Waals surface area contributed by atoms with E-state index in [1.54, 1.807) is 23.1 Å². The summed E-state index contributed by atoms with van der Waals surface area (Å²) in [5.74, 6) is 0.713. The maximum atomic E-state index is 13.0. The smallest absolute Gasteiger partial charge is 0.257 e. The molecule has 0 unspecified atom stereocenters. The normalized spacial score (nSPS) is 11.9. The van der Waals surface area contributed by atoms with Crippen molar-refractivity contribution in [3.63, 3.8) is 0 Å². The van der Waals surface area contributed by atoms with Crippen molar-refractivity contribution in [2.75, 3.05) is 5.32 Å². The summed E-state index contributed by atoms with van der Waals surface area (Å²) >= 11 is 0. The maximum Gasteiger partial charge on any atom is 0.257 e. The molecule has 0 aromatic carbocycles. The van der Waals surface area contributed by atoms with Gasteiger partial charge >= 0.3 is 0 Å². The van der Waals surface area contributed by atoms with E-state index in [0.29, 0.717) is 11.4 Å². The number of nitrogens with one attached hydrogen (secondary N) is 1. The number of amides is 1. The third kappa shape index (κ3) is 3.21. The molecule has 0 saturated heterocycles. The Bertz CT molecular complexity index is 935. The minimum absolute atomic E-state index is 0.160. The zero-order valence-electron chi connectivity index (χ0n) is 16.2. The van der Waals surface area contributed by atoms with E-state index >= 15 is 0 Å². The van der Waals surface area contributed by atoms with E-state index in [1.807, 2.05) is 24.6 Å². The molecule has 3 rings (SSSR count). The zero-order valence-corrected chi connectivity index (χ0v) is 16.2. The standard InChI is InChI=1S/C19H26N6O/c1-11(2)16-9-14(15-10-21-25(13(5)6)18(15)22-16)19(26)23-17-7-8-20-24(17)12(3)4/h7-13H,1-6H3,(H,23,26). The van der Waals surface area contributed by atoms with Gasteiger partial charge < -0.3 is 5.32 Å². The van der Waals surface area contributed by atoms with Gasteiger partial charge in [-0.2, -0.15) is 10.2 Å². The van der Waals surface area contributed by atoms with Crippen molar-refractivity contribution in [3.8, 4) is 0 Å². The van der Waals surface area contributed by atoms with Crippen LogP contribution in [0.2, 0.25) is 0 Å². The van der Waals surface area contributed by atoms with Gasteiger partial charge in [0, 0.05) is 23.8 Å². The van der Waals surface area contributed by atoms with Crippen LogP contribution in [0.4, 0.5) is 5.82 Å². The van der Waals surface area contributed by atoms with Crippen molar-refractivity contribution in [1.29, 1.82) is 0 Å². The van der Waals surface area contributed by atoms with Gasteiger partial charge in [0.1, 0.15) is 5.82 Å². The fourth-order valence-electron chi connectivity index (χ4n) is 2.91. The Morgan fingerprint density at radius 1 is 1.04 bits per heavy atom. The van der Waals surface area contributed by atoms with E-state index in [1.165, 1.54) is 0 Å². The predicted molar refractivity (Wildman–Crippen MR) is 103 cm³/mol. The van der Waals surface area contributed by atoms with Crippen LogP contribution in [0.3, 0.4) is 0 Å². The molecule has 0 aliphatic heterocycles. The summed E-state index contributed by atoms with van der Waals surface area (Å²) in [5, 5.41) is 12.5. The Labute approximate surface area is 153 Å². The summed E-state index contributed by atoms with van der Waals surface area (Å²) in [5.41, 5.74) is 2.21. The van der Waals surface area contributed by atoms with E-state index in [4.69, 9.17) is 4.98 Å². The number of hydrogen-bond donors (Lipinski definition) is 1. The summed E-state index contributed by atoms with van der Waals surface area (Å²) in [6.07, 6.45) is 3.41. The first-order chi connectivity index (χ1) is 12.3. The van der Waals surface area contributed by atoms with Crippen LogP contribution in [0.15, 0.2) is 24.5 Å². The molecule has 0 spiro atoms. The van der Waals surface area contributed by atoms with E-state index in [2.05, 4.69) is 43.2 Å². The molecule has 3 aromatic heterocycles. The van der Waals surface area contributed by atoms with Crippen LogP contribution in [0.1, 0.15) is 75.6 Å². The van der Waals surface area contributed by atoms with Crippen molar-refractivity contribution in [2.24, 2.45) is 0 Å². The number of nitrogens with zero attached hydrogens (tertiary/aromatic N) is 5. The van der Waals surface area contributed by atoms with Crippen molar-refractivity contribution in [1.82, 2.24) is 24.5 Å². The summed E-state index contributed by atoms with van der Waals surface area (Å²) < 4.78 is 3.65. The highest BCUT2D eigenvalue weighted by Gasteiger charge is 2.20. The van der Waals surface area contributed by atoms with Crippen molar-refractivity contribution >= 4 is 22.8 Å². The molecule has 0 fully saturated rings. The van der Waals surface area contributed by atoms with E-state index in [0.717, 1.165) is 16.7 Å². The lowest BCUT2D eigenvalue weighted by Gasteiger charge is -2.14.